The number of hydrogen-bond donors (Lipinski definition) is 1. The van der Waals surface area contributed by atoms with Crippen molar-refractivity contribution in [2.24, 2.45) is 0 Å². The molecule has 3 rings (SSSR count). The highest BCUT2D eigenvalue weighted by Crippen LogP contribution is 2.29. The van der Waals surface area contributed by atoms with Crippen molar-refractivity contribution >= 4 is 11.9 Å². The number of halogens is 2. The number of amides is 1. The summed E-state index contributed by atoms with van der Waals surface area (Å²) < 4.78 is 34.1. The van der Waals surface area contributed by atoms with Crippen molar-refractivity contribution in [3.63, 3.8) is 0 Å². The average molecular weight is 375 g/mol. The van der Waals surface area contributed by atoms with Gasteiger partial charge in [-0.2, -0.15) is 8.78 Å². The van der Waals surface area contributed by atoms with Gasteiger partial charge in [-0.3, -0.25) is 4.79 Å². The van der Waals surface area contributed by atoms with E-state index in [-0.39, 0.29) is 12.2 Å². The molecule has 2 aromatic rings. The lowest BCUT2D eigenvalue weighted by atomic mass is 9.89. The first kappa shape index (κ1) is 18.8. The molecule has 5 nitrogen and oxygen atoms in total. The zero-order chi connectivity index (χ0) is 19.6. The molecule has 1 aliphatic heterocycles. The molecule has 0 saturated heterocycles. The van der Waals surface area contributed by atoms with Gasteiger partial charge in [-0.05, 0) is 43.2 Å². The average Bonchev–Trinajstić information content (AvgIpc) is 2.61. The fraction of sp³-hybridized carbons (Fsp3) is 0.300. The third-order valence-electron chi connectivity index (χ3n) is 4.52. The van der Waals surface area contributed by atoms with Crippen LogP contribution in [0.1, 0.15) is 41.4 Å². The number of carbonyl (C=O) groups excluding carboxylic acids is 2. The summed E-state index contributed by atoms with van der Waals surface area (Å²) in [5, 5.41) is 2.81. The molecule has 0 aliphatic carbocycles. The van der Waals surface area contributed by atoms with Crippen LogP contribution in [0.25, 0.3) is 0 Å². The number of benzene rings is 2. The summed E-state index contributed by atoms with van der Waals surface area (Å²) in [5.41, 5.74) is 0.604. The summed E-state index contributed by atoms with van der Waals surface area (Å²) in [5.74, 6) is -0.918. The molecule has 0 saturated carbocycles. The van der Waals surface area contributed by atoms with Crippen LogP contribution in [0.2, 0.25) is 0 Å². The van der Waals surface area contributed by atoms with Crippen LogP contribution in [0, 0.1) is 0 Å². The Morgan fingerprint density at radius 3 is 2.52 bits per heavy atom. The Hall–Kier alpha value is -2.96. The molecule has 0 spiro atoms. The standard InChI is InChI=1S/C20H19F2NO4/c1-12(13-7-9-15(10-8-13)26-19(21)22)23-18(25)20(2)11-14-5-3-4-6-16(14)17(24)27-20/h3-10,12,19H,11H2,1-2H3,(H,23,25). The Morgan fingerprint density at radius 2 is 1.85 bits per heavy atom. The third kappa shape index (κ3) is 4.07. The van der Waals surface area contributed by atoms with Crippen LogP contribution in [0.4, 0.5) is 8.78 Å². The molecule has 142 valence electrons. The van der Waals surface area contributed by atoms with E-state index in [0.29, 0.717) is 11.1 Å². The number of fused-ring (bicyclic) bond motifs is 1. The Morgan fingerprint density at radius 1 is 1.19 bits per heavy atom. The Balaban J connectivity index is 1.70. The molecular formula is C20H19F2NO4. The topological polar surface area (TPSA) is 64.6 Å². The zero-order valence-electron chi connectivity index (χ0n) is 14.9. The summed E-state index contributed by atoms with van der Waals surface area (Å²) in [6.45, 7) is 0.433. The minimum atomic E-state index is -2.89. The van der Waals surface area contributed by atoms with Crippen LogP contribution in [0.5, 0.6) is 5.75 Å². The Kier molecular flexibility index (Phi) is 5.12. The SMILES string of the molecule is CC(NC(=O)C1(C)Cc2ccccc2C(=O)O1)c1ccc(OC(F)F)cc1. The molecule has 2 aromatic carbocycles. The van der Waals surface area contributed by atoms with Crippen molar-refractivity contribution < 1.29 is 27.8 Å². The smallest absolute Gasteiger partial charge is 0.387 e. The van der Waals surface area contributed by atoms with E-state index in [1.807, 2.05) is 0 Å². The molecule has 0 bridgehead atoms. The van der Waals surface area contributed by atoms with Crippen molar-refractivity contribution in [2.75, 3.05) is 0 Å². The molecule has 1 N–H and O–H groups in total. The number of cyclic esters (lactones) is 1. The highest BCUT2D eigenvalue weighted by atomic mass is 19.3. The van der Waals surface area contributed by atoms with Crippen molar-refractivity contribution in [3.05, 3.63) is 65.2 Å². The second-order valence-electron chi connectivity index (χ2n) is 6.60. The summed E-state index contributed by atoms with van der Waals surface area (Å²) in [6, 6.07) is 12.6. The second-order valence-corrected chi connectivity index (χ2v) is 6.60. The van der Waals surface area contributed by atoms with E-state index in [9.17, 15) is 18.4 Å². The lowest BCUT2D eigenvalue weighted by Crippen LogP contribution is -2.52. The molecular weight excluding hydrogens is 356 g/mol. The third-order valence-corrected chi connectivity index (χ3v) is 4.52. The van der Waals surface area contributed by atoms with Gasteiger partial charge in [0.05, 0.1) is 11.6 Å². The molecule has 1 amide bonds. The van der Waals surface area contributed by atoms with Gasteiger partial charge in [0, 0.05) is 6.42 Å². The maximum Gasteiger partial charge on any atom is 0.387 e. The van der Waals surface area contributed by atoms with Crippen LogP contribution < -0.4 is 10.1 Å². The van der Waals surface area contributed by atoms with Gasteiger partial charge in [0.25, 0.3) is 5.91 Å². The highest BCUT2D eigenvalue weighted by molar-refractivity contribution is 5.97. The fourth-order valence-electron chi connectivity index (χ4n) is 3.03. The van der Waals surface area contributed by atoms with E-state index < -0.39 is 30.1 Å². The van der Waals surface area contributed by atoms with Gasteiger partial charge in [-0.1, -0.05) is 30.3 Å². The van der Waals surface area contributed by atoms with Crippen molar-refractivity contribution in [1.82, 2.24) is 5.32 Å². The Labute approximate surface area is 155 Å². The first-order chi connectivity index (χ1) is 12.8. The first-order valence-corrected chi connectivity index (χ1v) is 8.45. The van der Waals surface area contributed by atoms with Crippen LogP contribution in [0.3, 0.4) is 0 Å². The predicted molar refractivity (Wildman–Crippen MR) is 93.6 cm³/mol. The van der Waals surface area contributed by atoms with Gasteiger partial charge < -0.3 is 14.8 Å². The maximum absolute atomic E-state index is 12.8. The number of alkyl halides is 2. The lowest BCUT2D eigenvalue weighted by Gasteiger charge is -2.34. The molecule has 0 radical (unpaired) electrons. The van der Waals surface area contributed by atoms with Crippen molar-refractivity contribution in [3.8, 4) is 5.75 Å². The van der Waals surface area contributed by atoms with E-state index >= 15 is 0 Å². The molecule has 2 atom stereocenters. The van der Waals surface area contributed by atoms with Gasteiger partial charge >= 0.3 is 12.6 Å². The maximum atomic E-state index is 12.8. The lowest BCUT2D eigenvalue weighted by molar-refractivity contribution is -0.140. The van der Waals surface area contributed by atoms with Gasteiger partial charge in [0.2, 0.25) is 0 Å². The summed E-state index contributed by atoms with van der Waals surface area (Å²) in [4.78, 5) is 25.0. The minimum Gasteiger partial charge on any atom is -0.445 e. The van der Waals surface area contributed by atoms with Crippen LogP contribution >= 0.6 is 0 Å². The molecule has 7 heteroatoms. The molecule has 0 fully saturated rings. The molecule has 0 aromatic heterocycles. The minimum absolute atomic E-state index is 0.0389. The first-order valence-electron chi connectivity index (χ1n) is 8.45. The van der Waals surface area contributed by atoms with E-state index in [4.69, 9.17) is 4.74 Å². The van der Waals surface area contributed by atoms with E-state index in [0.717, 1.165) is 5.56 Å². The van der Waals surface area contributed by atoms with Crippen molar-refractivity contribution in [2.45, 2.75) is 38.5 Å². The van der Waals surface area contributed by atoms with Crippen LogP contribution in [-0.4, -0.2) is 24.1 Å². The van der Waals surface area contributed by atoms with E-state index in [2.05, 4.69) is 10.1 Å². The van der Waals surface area contributed by atoms with Gasteiger partial charge in [-0.25, -0.2) is 4.79 Å². The number of esters is 1. The second kappa shape index (κ2) is 7.34. The summed E-state index contributed by atoms with van der Waals surface area (Å²) in [7, 11) is 0. The number of ether oxygens (including phenoxy) is 2. The van der Waals surface area contributed by atoms with Crippen molar-refractivity contribution in [1.29, 1.82) is 0 Å². The van der Waals surface area contributed by atoms with Gasteiger partial charge in [0.15, 0.2) is 5.60 Å². The largest absolute Gasteiger partial charge is 0.445 e. The normalized spacial score (nSPS) is 19.8. The number of hydrogen-bond acceptors (Lipinski definition) is 4. The van der Waals surface area contributed by atoms with Gasteiger partial charge in [0.1, 0.15) is 5.75 Å². The summed E-state index contributed by atoms with van der Waals surface area (Å²) >= 11 is 0. The number of carbonyl (C=O) groups is 2. The predicted octanol–water partition coefficient (Wildman–Crippen LogP) is 3.64. The molecule has 1 aliphatic rings. The summed E-state index contributed by atoms with van der Waals surface area (Å²) in [6.07, 6.45) is 0.272. The number of nitrogens with one attached hydrogen (secondary N) is 1. The Bertz CT molecular complexity index is 853. The van der Waals surface area contributed by atoms with Gasteiger partial charge in [-0.15, -0.1) is 0 Å². The molecule has 27 heavy (non-hydrogen) atoms. The number of rotatable bonds is 5. The van der Waals surface area contributed by atoms with E-state index in [1.165, 1.54) is 12.1 Å². The molecule has 2 unspecified atom stereocenters. The zero-order valence-corrected chi connectivity index (χ0v) is 14.9. The van der Waals surface area contributed by atoms with Crippen LogP contribution in [-0.2, 0) is 16.0 Å². The fourth-order valence-corrected chi connectivity index (χ4v) is 3.03. The monoisotopic (exact) mass is 375 g/mol. The highest BCUT2D eigenvalue weighted by Gasteiger charge is 2.42. The quantitative estimate of drug-likeness (QED) is 0.811. The van der Waals surface area contributed by atoms with Crippen LogP contribution in [0.15, 0.2) is 48.5 Å². The van der Waals surface area contributed by atoms with E-state index in [1.54, 1.807) is 50.2 Å². The molecule has 1 heterocycles.